The first-order valence-corrected chi connectivity index (χ1v) is 4.25. The first kappa shape index (κ1) is 7.08. The third kappa shape index (κ3) is 0.688. The molecule has 3 rings (SSSR count). The van der Waals surface area contributed by atoms with Crippen molar-refractivity contribution in [3.63, 3.8) is 0 Å². The molecule has 1 nitrogen and oxygen atoms in total. The molecule has 1 unspecified atom stereocenters. The second-order valence-electron chi connectivity index (χ2n) is 4.45. The van der Waals surface area contributed by atoms with E-state index in [0.29, 0.717) is 17.6 Å². The highest BCUT2D eigenvalue weighted by atomic mass is 16.1. The van der Waals surface area contributed by atoms with Gasteiger partial charge in [-0.05, 0) is 30.8 Å². The van der Waals surface area contributed by atoms with Crippen LogP contribution in [0.25, 0.3) is 0 Å². The molecule has 0 spiro atoms. The van der Waals surface area contributed by atoms with Gasteiger partial charge in [-0.25, -0.2) is 0 Å². The molecule has 0 N–H and O–H groups in total. The SMILES string of the molecule is CC1=CC(=O)[C@@H]2CC1C2(C)C. The summed E-state index contributed by atoms with van der Waals surface area (Å²) in [5.41, 5.74) is 1.55. The summed E-state index contributed by atoms with van der Waals surface area (Å²) in [7, 11) is 0. The van der Waals surface area contributed by atoms with Crippen molar-refractivity contribution >= 4 is 5.78 Å². The van der Waals surface area contributed by atoms with E-state index in [9.17, 15) is 4.79 Å². The molecular formula is C10H14O. The molecule has 0 saturated heterocycles. The molecule has 1 heteroatoms. The van der Waals surface area contributed by atoms with Crippen molar-refractivity contribution in [2.45, 2.75) is 27.2 Å². The lowest BCUT2D eigenvalue weighted by Gasteiger charge is -2.54. The third-order valence-electron chi connectivity index (χ3n) is 3.53. The lowest BCUT2D eigenvalue weighted by atomic mass is 9.49. The highest BCUT2D eigenvalue weighted by Crippen LogP contribution is 2.57. The van der Waals surface area contributed by atoms with E-state index in [-0.39, 0.29) is 5.41 Å². The molecule has 2 bridgehead atoms. The van der Waals surface area contributed by atoms with Gasteiger partial charge in [-0.15, -0.1) is 0 Å². The average molecular weight is 150 g/mol. The summed E-state index contributed by atoms with van der Waals surface area (Å²) in [6, 6.07) is 0. The van der Waals surface area contributed by atoms with Crippen LogP contribution < -0.4 is 0 Å². The van der Waals surface area contributed by atoms with E-state index >= 15 is 0 Å². The first-order chi connectivity index (χ1) is 5.03. The summed E-state index contributed by atoms with van der Waals surface area (Å²) in [4.78, 5) is 11.4. The molecule has 0 radical (unpaired) electrons. The van der Waals surface area contributed by atoms with Crippen molar-refractivity contribution in [2.75, 3.05) is 0 Å². The van der Waals surface area contributed by atoms with Crippen molar-refractivity contribution in [2.24, 2.45) is 17.3 Å². The van der Waals surface area contributed by atoms with Crippen molar-refractivity contribution < 1.29 is 4.79 Å². The van der Waals surface area contributed by atoms with Gasteiger partial charge in [0.1, 0.15) is 0 Å². The van der Waals surface area contributed by atoms with Crippen LogP contribution in [0.4, 0.5) is 0 Å². The second kappa shape index (κ2) is 1.77. The Morgan fingerprint density at radius 1 is 1.45 bits per heavy atom. The predicted molar refractivity (Wildman–Crippen MR) is 44.1 cm³/mol. The van der Waals surface area contributed by atoms with Gasteiger partial charge in [0.05, 0.1) is 0 Å². The van der Waals surface area contributed by atoms with Crippen LogP contribution in [0, 0.1) is 17.3 Å². The molecule has 11 heavy (non-hydrogen) atoms. The van der Waals surface area contributed by atoms with Gasteiger partial charge in [-0.3, -0.25) is 4.79 Å². The van der Waals surface area contributed by atoms with Crippen molar-refractivity contribution in [3.8, 4) is 0 Å². The van der Waals surface area contributed by atoms with E-state index in [0.717, 1.165) is 6.42 Å². The van der Waals surface area contributed by atoms with Gasteiger partial charge < -0.3 is 0 Å². The lowest BCUT2D eigenvalue weighted by Crippen LogP contribution is -2.51. The highest BCUT2D eigenvalue weighted by Gasteiger charge is 2.54. The maximum atomic E-state index is 11.4. The molecule has 3 aliphatic carbocycles. The summed E-state index contributed by atoms with van der Waals surface area (Å²) in [5.74, 6) is 1.37. The molecule has 3 aliphatic rings. The fourth-order valence-electron chi connectivity index (χ4n) is 2.61. The number of ketones is 1. The molecular weight excluding hydrogens is 136 g/mol. The highest BCUT2D eigenvalue weighted by molar-refractivity contribution is 5.95. The first-order valence-electron chi connectivity index (χ1n) is 4.25. The minimum Gasteiger partial charge on any atom is -0.295 e. The zero-order valence-electron chi connectivity index (χ0n) is 7.35. The molecule has 0 aliphatic heterocycles. The Hall–Kier alpha value is -0.590. The summed E-state index contributed by atoms with van der Waals surface area (Å²) in [6.07, 6.45) is 2.94. The Kier molecular flexibility index (Phi) is 1.14. The lowest BCUT2D eigenvalue weighted by molar-refractivity contribution is -0.133. The molecule has 0 aromatic rings. The molecule has 0 heterocycles. The number of carbonyl (C=O) groups is 1. The molecule has 60 valence electrons. The second-order valence-corrected chi connectivity index (χ2v) is 4.45. The van der Waals surface area contributed by atoms with E-state index in [2.05, 4.69) is 20.8 Å². The van der Waals surface area contributed by atoms with Crippen LogP contribution in [0.3, 0.4) is 0 Å². The number of hydrogen-bond acceptors (Lipinski definition) is 1. The fraction of sp³-hybridized carbons (Fsp3) is 0.700. The summed E-state index contributed by atoms with van der Waals surface area (Å²) in [5, 5.41) is 0. The molecule has 0 aromatic carbocycles. The molecule has 0 aromatic heterocycles. The number of allylic oxidation sites excluding steroid dienone is 2. The number of fused-ring (bicyclic) bond motifs is 1. The normalized spacial score (nSPS) is 39.5. The quantitative estimate of drug-likeness (QED) is 0.517. The fourth-order valence-corrected chi connectivity index (χ4v) is 2.61. The Labute approximate surface area is 67.5 Å². The van der Waals surface area contributed by atoms with Crippen LogP contribution >= 0.6 is 0 Å². The topological polar surface area (TPSA) is 17.1 Å². The van der Waals surface area contributed by atoms with Crippen LogP contribution in [0.5, 0.6) is 0 Å². The van der Waals surface area contributed by atoms with Crippen LogP contribution in [-0.2, 0) is 4.79 Å². The number of rotatable bonds is 0. The minimum atomic E-state index is 0.260. The van der Waals surface area contributed by atoms with Crippen molar-refractivity contribution in [3.05, 3.63) is 11.6 Å². The predicted octanol–water partition coefficient (Wildman–Crippen LogP) is 2.18. The Morgan fingerprint density at radius 2 is 2.09 bits per heavy atom. The maximum absolute atomic E-state index is 11.4. The monoisotopic (exact) mass is 150 g/mol. The van der Waals surface area contributed by atoms with E-state index in [1.165, 1.54) is 5.57 Å². The standard InChI is InChI=1S/C10H14O/c1-6-4-9(11)8-5-7(6)10(8,2)3/h4,7-8H,5H2,1-3H3/t7?,8-/m0/s1. The molecule has 2 atom stereocenters. The largest absolute Gasteiger partial charge is 0.295 e. The zero-order chi connectivity index (χ0) is 8.22. The van der Waals surface area contributed by atoms with Crippen molar-refractivity contribution in [1.82, 2.24) is 0 Å². The Bertz CT molecular complexity index is 248. The maximum Gasteiger partial charge on any atom is 0.159 e. The summed E-state index contributed by atoms with van der Waals surface area (Å²) in [6.45, 7) is 6.50. The average Bonchev–Trinajstić information content (AvgIpc) is 1.84. The third-order valence-corrected chi connectivity index (χ3v) is 3.53. The van der Waals surface area contributed by atoms with Gasteiger partial charge >= 0.3 is 0 Å². The minimum absolute atomic E-state index is 0.260. The van der Waals surface area contributed by atoms with E-state index < -0.39 is 0 Å². The van der Waals surface area contributed by atoms with Gasteiger partial charge in [0.2, 0.25) is 0 Å². The Balaban J connectivity index is 2.42. The van der Waals surface area contributed by atoms with Crippen LogP contribution in [-0.4, -0.2) is 5.78 Å². The van der Waals surface area contributed by atoms with Crippen molar-refractivity contribution in [1.29, 1.82) is 0 Å². The Morgan fingerprint density at radius 3 is 2.45 bits per heavy atom. The zero-order valence-corrected chi connectivity index (χ0v) is 7.35. The number of carbonyl (C=O) groups excluding carboxylic acids is 1. The van der Waals surface area contributed by atoms with Gasteiger partial charge in [0.15, 0.2) is 5.78 Å². The van der Waals surface area contributed by atoms with E-state index in [1.54, 1.807) is 0 Å². The van der Waals surface area contributed by atoms with Crippen LogP contribution in [0.2, 0.25) is 0 Å². The van der Waals surface area contributed by atoms with Gasteiger partial charge in [-0.2, -0.15) is 0 Å². The molecule has 1 saturated carbocycles. The van der Waals surface area contributed by atoms with Gasteiger partial charge in [0.25, 0.3) is 0 Å². The van der Waals surface area contributed by atoms with Gasteiger partial charge in [-0.1, -0.05) is 19.4 Å². The van der Waals surface area contributed by atoms with Crippen LogP contribution in [0.1, 0.15) is 27.2 Å². The van der Waals surface area contributed by atoms with Crippen LogP contribution in [0.15, 0.2) is 11.6 Å². The summed E-state index contributed by atoms with van der Waals surface area (Å²) < 4.78 is 0. The van der Waals surface area contributed by atoms with E-state index in [4.69, 9.17) is 0 Å². The van der Waals surface area contributed by atoms with E-state index in [1.807, 2.05) is 6.08 Å². The summed E-state index contributed by atoms with van der Waals surface area (Å²) >= 11 is 0. The van der Waals surface area contributed by atoms with Gasteiger partial charge in [0, 0.05) is 5.92 Å². The number of hydrogen-bond donors (Lipinski definition) is 0. The molecule has 0 amide bonds. The smallest absolute Gasteiger partial charge is 0.159 e. The molecule has 1 fully saturated rings.